The molecular formula is C24H42N5O6P. The number of piperidine rings is 1. The van der Waals surface area contributed by atoms with Gasteiger partial charge in [0, 0.05) is 18.7 Å². The molecule has 3 rings (SSSR count). The van der Waals surface area contributed by atoms with Crippen LogP contribution in [0.5, 0.6) is 6.01 Å². The van der Waals surface area contributed by atoms with Crippen LogP contribution in [0.25, 0.3) is 0 Å². The first-order chi connectivity index (χ1) is 17.1. The topological polar surface area (TPSA) is 140 Å². The highest BCUT2D eigenvalue weighted by Crippen LogP contribution is 2.43. The maximum absolute atomic E-state index is 12.8. The summed E-state index contributed by atoms with van der Waals surface area (Å²) in [7, 11) is -4.02. The van der Waals surface area contributed by atoms with Crippen LogP contribution in [0.4, 0.5) is 11.6 Å². The zero-order chi connectivity index (χ0) is 26.3. The lowest BCUT2D eigenvalue weighted by Crippen LogP contribution is -2.41. The first-order valence-electron chi connectivity index (χ1n) is 13.1. The van der Waals surface area contributed by atoms with Crippen molar-refractivity contribution < 1.29 is 28.0 Å². The third-order valence-electron chi connectivity index (χ3n) is 6.91. The van der Waals surface area contributed by atoms with Crippen molar-refractivity contribution in [1.29, 1.82) is 0 Å². The van der Waals surface area contributed by atoms with E-state index < -0.39 is 7.82 Å². The molecule has 2 aliphatic rings. The minimum Gasteiger partial charge on any atom is -0.460 e. The summed E-state index contributed by atoms with van der Waals surface area (Å²) in [5.74, 6) is 1.38. The van der Waals surface area contributed by atoms with Gasteiger partial charge in [-0.3, -0.25) is 18.7 Å². The highest BCUT2D eigenvalue weighted by Gasteiger charge is 2.34. The third kappa shape index (κ3) is 8.11. The van der Waals surface area contributed by atoms with E-state index in [0.717, 1.165) is 45.2 Å². The van der Waals surface area contributed by atoms with Gasteiger partial charge in [-0.2, -0.15) is 9.97 Å². The number of phosphoric acid groups is 1. The SMILES string of the molecule is CCC[C@H](C)Oc1nc(N)c2c(n1)N(CC1CCN(CCOP(=O)(O)OC[C@H](C)CC)CC1)C(=O)C2. The zero-order valence-corrected chi connectivity index (χ0v) is 22.9. The highest BCUT2D eigenvalue weighted by molar-refractivity contribution is 7.47. The average molecular weight is 528 g/mol. The second-order valence-corrected chi connectivity index (χ2v) is 11.4. The molecule has 0 saturated carbocycles. The number of nitrogen functional groups attached to an aromatic ring is 1. The molecule has 1 aromatic heterocycles. The number of carbonyl (C=O) groups is 1. The van der Waals surface area contributed by atoms with Gasteiger partial charge < -0.3 is 20.3 Å². The van der Waals surface area contributed by atoms with Crippen LogP contribution in [-0.2, 0) is 24.8 Å². The molecule has 1 aromatic rings. The van der Waals surface area contributed by atoms with Gasteiger partial charge in [0.25, 0.3) is 0 Å². The molecule has 0 bridgehead atoms. The number of ether oxygens (including phenoxy) is 1. The molecule has 0 aliphatic carbocycles. The number of anilines is 2. The van der Waals surface area contributed by atoms with Crippen LogP contribution in [-0.4, -0.2) is 71.2 Å². The number of fused-ring (bicyclic) bond motifs is 1. The number of carbonyl (C=O) groups excluding carboxylic acids is 1. The van der Waals surface area contributed by atoms with E-state index in [-0.39, 0.29) is 43.6 Å². The standard InChI is InChI=1S/C24H42N5O6P/c1-5-7-18(4)35-24-26-22(25)20-14-21(30)29(23(20)27-24)15-19-8-10-28(11-9-19)12-13-33-36(31,32)34-16-17(3)6-2/h17-19H,5-16H2,1-4H3,(H,31,32)(H2,25,26,27)/t17-,18+/m1/s1. The predicted molar refractivity (Wildman–Crippen MR) is 138 cm³/mol. The highest BCUT2D eigenvalue weighted by atomic mass is 31.2. The monoisotopic (exact) mass is 527 g/mol. The molecule has 3 atom stereocenters. The van der Waals surface area contributed by atoms with Gasteiger partial charge in [0.15, 0.2) is 0 Å². The first-order valence-corrected chi connectivity index (χ1v) is 14.6. The number of phosphoric ester groups is 1. The summed E-state index contributed by atoms with van der Waals surface area (Å²) in [5, 5.41) is 0. The van der Waals surface area contributed by atoms with E-state index in [0.29, 0.717) is 36.2 Å². The molecule has 0 aromatic carbocycles. The molecule has 0 spiro atoms. The van der Waals surface area contributed by atoms with Crippen molar-refractivity contribution in [2.75, 3.05) is 50.0 Å². The number of hydrogen-bond donors (Lipinski definition) is 2. The van der Waals surface area contributed by atoms with E-state index in [1.807, 2.05) is 20.8 Å². The number of rotatable bonds is 14. The van der Waals surface area contributed by atoms with Crippen LogP contribution in [0.15, 0.2) is 0 Å². The Labute approximate surface area is 214 Å². The van der Waals surface area contributed by atoms with E-state index in [1.54, 1.807) is 4.90 Å². The minimum atomic E-state index is -4.02. The second-order valence-electron chi connectivity index (χ2n) is 9.99. The Bertz CT molecular complexity index is 927. The molecule has 1 amide bonds. The van der Waals surface area contributed by atoms with E-state index in [2.05, 4.69) is 21.8 Å². The van der Waals surface area contributed by atoms with Gasteiger partial charge in [0.1, 0.15) is 11.6 Å². The summed E-state index contributed by atoms with van der Waals surface area (Å²) in [6.07, 6.45) is 4.72. The Balaban J connectivity index is 1.48. The Morgan fingerprint density at radius 3 is 2.58 bits per heavy atom. The number of nitrogens with zero attached hydrogens (tertiary/aromatic N) is 4. The number of hydrogen-bond acceptors (Lipinski definition) is 9. The molecule has 0 radical (unpaired) electrons. The van der Waals surface area contributed by atoms with Gasteiger partial charge in [-0.25, -0.2) is 4.57 Å². The first kappa shape index (κ1) is 28.8. The quantitative estimate of drug-likeness (QED) is 0.346. The molecule has 11 nitrogen and oxygen atoms in total. The average Bonchev–Trinajstić information content (AvgIpc) is 3.14. The normalized spacial score (nSPS) is 20.2. The van der Waals surface area contributed by atoms with Crippen molar-refractivity contribution in [3.63, 3.8) is 0 Å². The fourth-order valence-corrected chi connectivity index (χ4v) is 5.25. The van der Waals surface area contributed by atoms with E-state index in [4.69, 9.17) is 19.5 Å². The lowest BCUT2D eigenvalue weighted by Gasteiger charge is -2.33. The molecule has 204 valence electrons. The summed E-state index contributed by atoms with van der Waals surface area (Å²) in [5.41, 5.74) is 6.82. The molecular weight excluding hydrogens is 485 g/mol. The van der Waals surface area contributed by atoms with Crippen LogP contribution in [0.3, 0.4) is 0 Å². The van der Waals surface area contributed by atoms with E-state index in [9.17, 15) is 14.3 Å². The number of aromatic nitrogens is 2. The molecule has 1 unspecified atom stereocenters. The number of likely N-dealkylation sites (tertiary alicyclic amines) is 1. The molecule has 3 N–H and O–H groups in total. The Morgan fingerprint density at radius 1 is 1.19 bits per heavy atom. The smallest absolute Gasteiger partial charge is 0.460 e. The maximum Gasteiger partial charge on any atom is 0.472 e. The largest absolute Gasteiger partial charge is 0.472 e. The lowest BCUT2D eigenvalue weighted by atomic mass is 9.96. The fraction of sp³-hybridized carbons (Fsp3) is 0.792. The zero-order valence-electron chi connectivity index (χ0n) is 22.0. The van der Waals surface area contributed by atoms with Gasteiger partial charge in [-0.15, -0.1) is 0 Å². The fourth-order valence-electron chi connectivity index (χ4n) is 4.42. The maximum atomic E-state index is 12.8. The summed E-state index contributed by atoms with van der Waals surface area (Å²) >= 11 is 0. The molecule has 1 fully saturated rings. The predicted octanol–water partition coefficient (Wildman–Crippen LogP) is 3.41. The van der Waals surface area contributed by atoms with Crippen molar-refractivity contribution in [2.24, 2.45) is 11.8 Å². The molecule has 12 heteroatoms. The van der Waals surface area contributed by atoms with Crippen LogP contribution >= 0.6 is 7.82 Å². The second kappa shape index (κ2) is 13.1. The van der Waals surface area contributed by atoms with Gasteiger partial charge >= 0.3 is 13.8 Å². The van der Waals surface area contributed by atoms with Crippen LogP contribution in [0, 0.1) is 11.8 Å². The summed E-state index contributed by atoms with van der Waals surface area (Å²) in [4.78, 5) is 35.4. The van der Waals surface area contributed by atoms with Gasteiger partial charge in [0.05, 0.1) is 25.7 Å². The summed E-state index contributed by atoms with van der Waals surface area (Å²) in [6, 6.07) is 0.219. The van der Waals surface area contributed by atoms with E-state index in [1.165, 1.54) is 0 Å². The molecule has 3 heterocycles. The Kier molecular flexibility index (Phi) is 10.5. The van der Waals surface area contributed by atoms with Gasteiger partial charge in [-0.05, 0) is 51.1 Å². The van der Waals surface area contributed by atoms with Crippen molar-refractivity contribution in [1.82, 2.24) is 14.9 Å². The van der Waals surface area contributed by atoms with Crippen molar-refractivity contribution in [2.45, 2.75) is 72.3 Å². The Morgan fingerprint density at radius 2 is 1.92 bits per heavy atom. The van der Waals surface area contributed by atoms with E-state index >= 15 is 0 Å². The Hall–Kier alpha value is -1.78. The van der Waals surface area contributed by atoms with Crippen molar-refractivity contribution in [3.8, 4) is 6.01 Å². The van der Waals surface area contributed by atoms with Gasteiger partial charge in [-0.1, -0.05) is 33.6 Å². The number of amides is 1. The molecule has 1 saturated heterocycles. The van der Waals surface area contributed by atoms with Crippen LogP contribution in [0.2, 0.25) is 0 Å². The molecule has 2 aliphatic heterocycles. The summed E-state index contributed by atoms with van der Waals surface area (Å²) < 4.78 is 28.0. The van der Waals surface area contributed by atoms with Gasteiger partial charge in [0.2, 0.25) is 5.91 Å². The minimum absolute atomic E-state index is 0.0170. The van der Waals surface area contributed by atoms with Crippen molar-refractivity contribution >= 4 is 25.4 Å². The third-order valence-corrected chi connectivity index (χ3v) is 7.90. The van der Waals surface area contributed by atoms with Crippen molar-refractivity contribution in [3.05, 3.63) is 5.56 Å². The van der Waals surface area contributed by atoms with Crippen LogP contribution in [0.1, 0.15) is 65.4 Å². The van der Waals surface area contributed by atoms with Crippen LogP contribution < -0.4 is 15.4 Å². The summed E-state index contributed by atoms with van der Waals surface area (Å²) in [6.45, 7) is 11.1. The number of nitrogens with two attached hydrogens (primary N) is 1. The molecule has 36 heavy (non-hydrogen) atoms. The lowest BCUT2D eigenvalue weighted by molar-refractivity contribution is -0.117.